The molecule has 2 aliphatic rings. The molecule has 0 aliphatic heterocycles. The highest BCUT2D eigenvalue weighted by molar-refractivity contribution is 6.20. The van der Waals surface area contributed by atoms with Gasteiger partial charge in [-0.3, -0.25) is 14.4 Å². The molecule has 0 bridgehead atoms. The number of aromatic hydroxyl groups is 1. The zero-order valence-corrected chi connectivity index (χ0v) is 22.7. The second-order valence-corrected chi connectivity index (χ2v) is 10.8. The van der Waals surface area contributed by atoms with Gasteiger partial charge in [0.1, 0.15) is 11.5 Å². The summed E-state index contributed by atoms with van der Waals surface area (Å²) < 4.78 is 39.8. The van der Waals surface area contributed by atoms with Crippen molar-refractivity contribution in [2.24, 2.45) is 23.7 Å². The molecule has 222 valence electrons. The third kappa shape index (κ3) is 6.63. The molecule has 0 saturated carbocycles. The van der Waals surface area contributed by atoms with Crippen molar-refractivity contribution < 1.29 is 51.2 Å². The molecule has 0 saturated heterocycles. The van der Waals surface area contributed by atoms with E-state index in [4.69, 9.17) is 0 Å². The number of benzene rings is 1. The van der Waals surface area contributed by atoms with Crippen molar-refractivity contribution in [3.63, 3.8) is 0 Å². The Morgan fingerprint density at radius 2 is 1.79 bits per heavy atom. The summed E-state index contributed by atoms with van der Waals surface area (Å²) in [6, 6.07) is 1.64. The van der Waals surface area contributed by atoms with Crippen LogP contribution in [0.25, 0.3) is 0 Å². The molecule has 0 fully saturated rings. The van der Waals surface area contributed by atoms with Gasteiger partial charge >= 0.3 is 6.18 Å². The number of fused-ring (bicyclic) bond motifs is 1. The summed E-state index contributed by atoms with van der Waals surface area (Å²) in [5.41, 5.74) is 1.36. The van der Waals surface area contributed by atoms with Crippen LogP contribution in [0.4, 0.5) is 18.9 Å². The summed E-state index contributed by atoms with van der Waals surface area (Å²) in [6.07, 6.45) is -3.93. The van der Waals surface area contributed by atoms with E-state index in [0.717, 1.165) is 0 Å². The Labute approximate surface area is 228 Å². The lowest BCUT2D eigenvalue weighted by molar-refractivity contribution is -0.176. The number of hydrogen-bond donors (Lipinski definition) is 3. The number of Topliss-reactive ketones (excluding diaryl/α,β-unsaturated/α-hetero) is 3. The van der Waals surface area contributed by atoms with Crippen LogP contribution in [0, 0.1) is 23.7 Å². The van der Waals surface area contributed by atoms with Gasteiger partial charge in [-0.25, -0.2) is 0 Å². The number of ketones is 3. The highest BCUT2D eigenvalue weighted by Crippen LogP contribution is 2.44. The number of nitrogens with zero attached hydrogens (tertiary/aromatic N) is 1. The molecule has 0 amide bonds. The SMILES string of the molecule is CCC(CCc1cc(N(C)C)c2c(c1O)C(=O)CC(CC1CC(=O)C(C(C)=O)=C(O)C1CO)C2)C(F)(F)F.O.[HH].[HH]. The molecule has 2 aliphatic carbocycles. The van der Waals surface area contributed by atoms with E-state index in [1.54, 1.807) is 25.1 Å². The number of alkyl halides is 3. The number of aliphatic hydroxyl groups is 2. The first-order chi connectivity index (χ1) is 17.7. The van der Waals surface area contributed by atoms with Crippen LogP contribution in [0.3, 0.4) is 0 Å². The van der Waals surface area contributed by atoms with Gasteiger partial charge in [0.25, 0.3) is 0 Å². The van der Waals surface area contributed by atoms with Gasteiger partial charge in [-0.2, -0.15) is 13.2 Å². The average Bonchev–Trinajstić information content (AvgIpc) is 2.79. The van der Waals surface area contributed by atoms with Gasteiger partial charge in [0.2, 0.25) is 0 Å². The number of carbonyl (C=O) groups excluding carboxylic acids is 3. The van der Waals surface area contributed by atoms with Gasteiger partial charge in [-0.05, 0) is 68.1 Å². The molecule has 1 aromatic rings. The predicted octanol–water partition coefficient (Wildman–Crippen LogP) is 4.38. The fourth-order valence-electron chi connectivity index (χ4n) is 5.99. The Morgan fingerprint density at radius 3 is 2.31 bits per heavy atom. The van der Waals surface area contributed by atoms with E-state index >= 15 is 0 Å². The maximum atomic E-state index is 13.3. The maximum absolute atomic E-state index is 13.3. The van der Waals surface area contributed by atoms with E-state index in [2.05, 4.69) is 0 Å². The van der Waals surface area contributed by atoms with Crippen LogP contribution in [-0.2, 0) is 22.4 Å². The van der Waals surface area contributed by atoms with Gasteiger partial charge < -0.3 is 25.7 Å². The molecule has 4 unspecified atom stereocenters. The second-order valence-electron chi connectivity index (χ2n) is 10.8. The number of aliphatic hydroxyl groups excluding tert-OH is 2. The van der Waals surface area contributed by atoms with E-state index in [1.807, 2.05) is 0 Å². The highest BCUT2D eigenvalue weighted by atomic mass is 19.4. The minimum Gasteiger partial charge on any atom is -0.511 e. The summed E-state index contributed by atoms with van der Waals surface area (Å²) in [5, 5.41) is 31.4. The number of anilines is 1. The van der Waals surface area contributed by atoms with Crippen LogP contribution in [-0.4, -0.2) is 65.0 Å². The smallest absolute Gasteiger partial charge is 0.391 e. The Morgan fingerprint density at radius 1 is 1.15 bits per heavy atom. The van der Waals surface area contributed by atoms with Crippen molar-refractivity contribution in [2.75, 3.05) is 25.6 Å². The molecule has 0 heterocycles. The van der Waals surface area contributed by atoms with Crippen LogP contribution >= 0.6 is 0 Å². The minimum absolute atomic E-state index is 0. The standard InChI is InChI=1S/C28H36F3NO6.H2O.2H2/c1-5-18(28(29,30)31)7-6-16-11-21(32(3)4)19-9-15(10-22(35)25(19)26(16)37)8-17-12-23(36)24(14(2)34)27(38)20(17)13-33;;;/h11,15,17-18,20,33,37-38H,5-10,12-13H2,1-4H3;1H2;2*1H. The van der Waals surface area contributed by atoms with Gasteiger partial charge in [0.05, 0.1) is 23.7 Å². The third-order valence-corrected chi connectivity index (χ3v) is 8.00. The zero-order chi connectivity index (χ0) is 28.5. The first kappa shape index (κ1) is 32.3. The number of phenolic OH excluding ortho intramolecular Hbond substituents is 1. The fourth-order valence-corrected chi connectivity index (χ4v) is 5.99. The summed E-state index contributed by atoms with van der Waals surface area (Å²) in [4.78, 5) is 39.4. The Kier molecular flexibility index (Phi) is 10.4. The number of halogens is 3. The molecule has 3 rings (SSSR count). The average molecular weight is 562 g/mol. The van der Waals surface area contributed by atoms with Crippen LogP contribution in [0.1, 0.15) is 70.3 Å². The molecular weight excluding hydrogens is 519 g/mol. The molecule has 39 heavy (non-hydrogen) atoms. The highest BCUT2D eigenvalue weighted by Gasteiger charge is 2.41. The van der Waals surface area contributed by atoms with Gasteiger partial charge in [-0.15, -0.1) is 0 Å². The van der Waals surface area contributed by atoms with Gasteiger partial charge in [0.15, 0.2) is 17.3 Å². The third-order valence-electron chi connectivity index (χ3n) is 8.00. The fraction of sp³-hybridized carbons (Fsp3) is 0.607. The number of aryl methyl sites for hydroxylation is 1. The van der Waals surface area contributed by atoms with Crippen molar-refractivity contribution in [1.29, 1.82) is 0 Å². The first-order valence-electron chi connectivity index (χ1n) is 12.9. The van der Waals surface area contributed by atoms with Gasteiger partial charge in [0, 0.05) is 41.4 Å². The predicted molar refractivity (Wildman–Crippen MR) is 143 cm³/mol. The van der Waals surface area contributed by atoms with Gasteiger partial charge in [-0.1, -0.05) is 6.92 Å². The van der Waals surface area contributed by atoms with Crippen molar-refractivity contribution in [3.05, 3.63) is 34.1 Å². The van der Waals surface area contributed by atoms with E-state index in [-0.39, 0.29) is 69.0 Å². The van der Waals surface area contributed by atoms with Crippen LogP contribution in [0.15, 0.2) is 17.4 Å². The van der Waals surface area contributed by atoms with E-state index in [9.17, 15) is 42.9 Å². The maximum Gasteiger partial charge on any atom is 0.391 e. The number of rotatable bonds is 9. The van der Waals surface area contributed by atoms with E-state index in [0.29, 0.717) is 29.7 Å². The number of carbonyl (C=O) groups is 3. The van der Waals surface area contributed by atoms with E-state index < -0.39 is 47.9 Å². The monoisotopic (exact) mass is 561 g/mol. The molecule has 1 aromatic carbocycles. The summed E-state index contributed by atoms with van der Waals surface area (Å²) in [6.45, 7) is 2.20. The zero-order valence-electron chi connectivity index (χ0n) is 22.7. The summed E-state index contributed by atoms with van der Waals surface area (Å²) in [7, 11) is 3.51. The molecule has 5 N–H and O–H groups in total. The molecule has 0 radical (unpaired) electrons. The van der Waals surface area contributed by atoms with Crippen LogP contribution in [0.5, 0.6) is 5.75 Å². The Balaban J connectivity index is 0.00000533. The first-order valence-corrected chi connectivity index (χ1v) is 12.9. The topological polar surface area (TPSA) is 147 Å². The molecule has 4 atom stereocenters. The molecular formula is C28H42F3NO7. The van der Waals surface area contributed by atoms with Crippen molar-refractivity contribution in [3.8, 4) is 5.75 Å². The number of hydrogen-bond acceptors (Lipinski definition) is 7. The molecule has 11 heteroatoms. The van der Waals surface area contributed by atoms with Crippen LogP contribution in [0.2, 0.25) is 0 Å². The lowest BCUT2D eigenvalue weighted by Crippen LogP contribution is -2.35. The molecule has 0 spiro atoms. The van der Waals surface area contributed by atoms with Crippen LogP contribution < -0.4 is 4.90 Å². The lowest BCUT2D eigenvalue weighted by Gasteiger charge is -2.35. The van der Waals surface area contributed by atoms with Crippen molar-refractivity contribution in [1.82, 2.24) is 0 Å². The lowest BCUT2D eigenvalue weighted by atomic mass is 9.70. The normalized spacial score (nSPS) is 22.3. The number of allylic oxidation sites excluding steroid dienone is 1. The van der Waals surface area contributed by atoms with Crippen molar-refractivity contribution >= 4 is 23.0 Å². The quantitative estimate of drug-likeness (QED) is 0.379. The van der Waals surface area contributed by atoms with Crippen molar-refractivity contribution in [2.45, 2.75) is 65.0 Å². The minimum atomic E-state index is -4.34. The number of phenols is 1. The largest absolute Gasteiger partial charge is 0.511 e. The Hall–Kier alpha value is -2.92. The second kappa shape index (κ2) is 12.5. The molecule has 8 nitrogen and oxygen atoms in total. The summed E-state index contributed by atoms with van der Waals surface area (Å²) >= 11 is 0. The molecule has 0 aromatic heterocycles. The summed E-state index contributed by atoms with van der Waals surface area (Å²) in [5.74, 6) is -5.12. The van der Waals surface area contributed by atoms with E-state index in [1.165, 1.54) is 13.8 Å². The Bertz CT molecular complexity index is 1150.